The predicted octanol–water partition coefficient (Wildman–Crippen LogP) is 2.94. The Labute approximate surface area is 121 Å². The van der Waals surface area contributed by atoms with Gasteiger partial charge in [-0.1, -0.05) is 19.1 Å². The number of hydrogen-bond acceptors (Lipinski definition) is 6. The molecule has 0 saturated heterocycles. The lowest BCUT2D eigenvalue weighted by Crippen LogP contribution is -2.05. The topological polar surface area (TPSA) is 104 Å². The van der Waals surface area contributed by atoms with E-state index >= 15 is 0 Å². The van der Waals surface area contributed by atoms with E-state index in [9.17, 15) is 10.1 Å². The van der Waals surface area contributed by atoms with E-state index in [0.29, 0.717) is 29.2 Å². The fourth-order valence-corrected chi connectivity index (χ4v) is 1.83. The van der Waals surface area contributed by atoms with Crippen LogP contribution in [0.2, 0.25) is 0 Å². The standard InChI is InChI=1S/C14H16N4O3/c1-4-11-16-13(15)9(3)14(17-11)21-12-8(2)6-5-7-10(12)18(19)20/h5-7H,4H2,1-3H3,(H2,15,16,17). The number of rotatable bonds is 4. The van der Waals surface area contributed by atoms with Crippen molar-refractivity contribution in [1.82, 2.24) is 9.97 Å². The summed E-state index contributed by atoms with van der Waals surface area (Å²) in [6.45, 7) is 5.35. The summed E-state index contributed by atoms with van der Waals surface area (Å²) in [5.74, 6) is 1.26. The van der Waals surface area contributed by atoms with E-state index in [1.807, 2.05) is 6.92 Å². The summed E-state index contributed by atoms with van der Waals surface area (Å²) in [6.07, 6.45) is 0.594. The quantitative estimate of drug-likeness (QED) is 0.685. The van der Waals surface area contributed by atoms with Gasteiger partial charge in [-0.2, -0.15) is 4.98 Å². The summed E-state index contributed by atoms with van der Waals surface area (Å²) in [6, 6.07) is 4.74. The molecular weight excluding hydrogens is 272 g/mol. The van der Waals surface area contributed by atoms with Crippen LogP contribution in [-0.2, 0) is 6.42 Å². The van der Waals surface area contributed by atoms with Crippen LogP contribution in [0.25, 0.3) is 0 Å². The van der Waals surface area contributed by atoms with Crippen molar-refractivity contribution >= 4 is 11.5 Å². The maximum atomic E-state index is 11.1. The minimum atomic E-state index is -0.483. The molecule has 0 fully saturated rings. The van der Waals surface area contributed by atoms with Crippen molar-refractivity contribution in [2.75, 3.05) is 5.73 Å². The molecule has 0 unspecified atom stereocenters. The van der Waals surface area contributed by atoms with Crippen LogP contribution in [0.4, 0.5) is 11.5 Å². The van der Waals surface area contributed by atoms with Crippen LogP contribution in [0.15, 0.2) is 18.2 Å². The number of ether oxygens (including phenoxy) is 1. The second-order valence-electron chi connectivity index (χ2n) is 4.59. The van der Waals surface area contributed by atoms with Gasteiger partial charge in [-0.25, -0.2) is 4.98 Å². The SMILES string of the molecule is CCc1nc(N)c(C)c(Oc2c(C)cccc2[N+](=O)[O-])n1. The molecule has 110 valence electrons. The average molecular weight is 288 g/mol. The first kappa shape index (κ1) is 14.7. The predicted molar refractivity (Wildman–Crippen MR) is 78.5 cm³/mol. The Morgan fingerprint density at radius 1 is 1.33 bits per heavy atom. The van der Waals surface area contributed by atoms with Gasteiger partial charge in [0.25, 0.3) is 0 Å². The third-order valence-corrected chi connectivity index (χ3v) is 3.09. The Morgan fingerprint density at radius 3 is 2.67 bits per heavy atom. The molecule has 7 heteroatoms. The molecule has 0 atom stereocenters. The number of nitrogens with two attached hydrogens (primary N) is 1. The number of hydrogen-bond donors (Lipinski definition) is 1. The number of nitro benzene ring substituents is 1. The Morgan fingerprint density at radius 2 is 2.05 bits per heavy atom. The van der Waals surface area contributed by atoms with E-state index in [4.69, 9.17) is 10.5 Å². The van der Waals surface area contributed by atoms with Crippen molar-refractivity contribution in [3.8, 4) is 11.6 Å². The number of para-hydroxylation sites is 1. The highest BCUT2D eigenvalue weighted by molar-refractivity contribution is 5.54. The van der Waals surface area contributed by atoms with E-state index in [-0.39, 0.29) is 17.3 Å². The first-order valence-corrected chi connectivity index (χ1v) is 6.48. The number of benzene rings is 1. The molecule has 7 nitrogen and oxygen atoms in total. The molecule has 0 aliphatic heterocycles. The van der Waals surface area contributed by atoms with Crippen molar-refractivity contribution in [2.24, 2.45) is 0 Å². The molecule has 0 aliphatic rings. The van der Waals surface area contributed by atoms with Crippen molar-refractivity contribution in [1.29, 1.82) is 0 Å². The molecule has 2 aromatic rings. The largest absolute Gasteiger partial charge is 0.431 e. The molecule has 0 aliphatic carbocycles. The van der Waals surface area contributed by atoms with E-state index in [1.165, 1.54) is 6.07 Å². The zero-order valence-electron chi connectivity index (χ0n) is 12.1. The summed E-state index contributed by atoms with van der Waals surface area (Å²) in [7, 11) is 0. The van der Waals surface area contributed by atoms with E-state index in [2.05, 4.69) is 9.97 Å². The summed E-state index contributed by atoms with van der Waals surface area (Å²) >= 11 is 0. The number of nitrogen functional groups attached to an aromatic ring is 1. The second kappa shape index (κ2) is 5.74. The highest BCUT2D eigenvalue weighted by atomic mass is 16.6. The van der Waals surface area contributed by atoms with Crippen LogP contribution >= 0.6 is 0 Å². The Bertz CT molecular complexity index is 701. The molecule has 0 radical (unpaired) electrons. The van der Waals surface area contributed by atoms with Gasteiger partial charge >= 0.3 is 5.69 Å². The van der Waals surface area contributed by atoms with Gasteiger partial charge < -0.3 is 10.5 Å². The number of anilines is 1. The summed E-state index contributed by atoms with van der Waals surface area (Å²) in [4.78, 5) is 19.0. The molecular formula is C14H16N4O3. The average Bonchev–Trinajstić information content (AvgIpc) is 2.45. The van der Waals surface area contributed by atoms with E-state index < -0.39 is 4.92 Å². The van der Waals surface area contributed by atoms with E-state index in [0.717, 1.165) is 0 Å². The maximum absolute atomic E-state index is 11.1. The molecule has 21 heavy (non-hydrogen) atoms. The lowest BCUT2D eigenvalue weighted by molar-refractivity contribution is -0.385. The summed E-state index contributed by atoms with van der Waals surface area (Å²) in [5.41, 5.74) is 6.93. The van der Waals surface area contributed by atoms with Crippen molar-refractivity contribution < 1.29 is 9.66 Å². The Hall–Kier alpha value is -2.70. The number of nitrogens with zero attached hydrogens (tertiary/aromatic N) is 3. The second-order valence-corrected chi connectivity index (χ2v) is 4.59. The van der Waals surface area contributed by atoms with Crippen LogP contribution in [0.5, 0.6) is 11.6 Å². The Balaban J connectivity index is 2.53. The lowest BCUT2D eigenvalue weighted by atomic mass is 10.2. The fraction of sp³-hybridized carbons (Fsp3) is 0.286. The van der Waals surface area contributed by atoms with Gasteiger partial charge in [0, 0.05) is 12.5 Å². The van der Waals surface area contributed by atoms with Gasteiger partial charge in [-0.15, -0.1) is 0 Å². The van der Waals surface area contributed by atoms with Crippen molar-refractivity contribution in [2.45, 2.75) is 27.2 Å². The smallest absolute Gasteiger partial charge is 0.311 e. The van der Waals surface area contributed by atoms with Crippen LogP contribution in [0.3, 0.4) is 0 Å². The molecule has 1 heterocycles. The minimum Gasteiger partial charge on any atom is -0.431 e. The van der Waals surface area contributed by atoms with Crippen molar-refractivity contribution in [3.05, 3.63) is 45.3 Å². The third kappa shape index (κ3) is 2.91. The van der Waals surface area contributed by atoms with Crippen LogP contribution in [0, 0.1) is 24.0 Å². The van der Waals surface area contributed by atoms with Gasteiger partial charge in [0.15, 0.2) is 0 Å². The molecule has 2 rings (SSSR count). The third-order valence-electron chi connectivity index (χ3n) is 3.09. The van der Waals surface area contributed by atoms with Crippen molar-refractivity contribution in [3.63, 3.8) is 0 Å². The highest BCUT2D eigenvalue weighted by Crippen LogP contribution is 2.35. The molecule has 1 aromatic heterocycles. The molecule has 0 spiro atoms. The van der Waals surface area contributed by atoms with Gasteiger partial charge in [-0.05, 0) is 19.4 Å². The van der Waals surface area contributed by atoms with Gasteiger partial charge in [-0.3, -0.25) is 10.1 Å². The number of nitro groups is 1. The highest BCUT2D eigenvalue weighted by Gasteiger charge is 2.20. The normalized spacial score (nSPS) is 10.4. The fourth-order valence-electron chi connectivity index (χ4n) is 1.83. The number of aromatic nitrogens is 2. The van der Waals surface area contributed by atoms with Gasteiger partial charge in [0.05, 0.1) is 10.5 Å². The van der Waals surface area contributed by atoms with E-state index in [1.54, 1.807) is 26.0 Å². The molecule has 0 amide bonds. The minimum absolute atomic E-state index is 0.107. The van der Waals surface area contributed by atoms with Crippen LogP contribution in [-0.4, -0.2) is 14.9 Å². The first-order valence-electron chi connectivity index (χ1n) is 6.48. The van der Waals surface area contributed by atoms with Crippen LogP contribution < -0.4 is 10.5 Å². The van der Waals surface area contributed by atoms with Crippen LogP contribution in [0.1, 0.15) is 23.9 Å². The maximum Gasteiger partial charge on any atom is 0.311 e. The zero-order valence-corrected chi connectivity index (χ0v) is 12.1. The molecule has 0 bridgehead atoms. The monoisotopic (exact) mass is 288 g/mol. The zero-order chi connectivity index (χ0) is 15.6. The molecule has 1 aromatic carbocycles. The summed E-state index contributed by atoms with van der Waals surface area (Å²) in [5, 5.41) is 11.1. The molecule has 2 N–H and O–H groups in total. The number of aryl methyl sites for hydroxylation is 2. The Kier molecular flexibility index (Phi) is 4.02. The van der Waals surface area contributed by atoms with Gasteiger partial charge in [0.2, 0.25) is 11.6 Å². The lowest BCUT2D eigenvalue weighted by Gasteiger charge is -2.12. The first-order chi connectivity index (χ1) is 9.93. The van der Waals surface area contributed by atoms with Gasteiger partial charge in [0.1, 0.15) is 11.6 Å². The molecule has 0 saturated carbocycles. The summed E-state index contributed by atoms with van der Waals surface area (Å²) < 4.78 is 5.68.